The summed E-state index contributed by atoms with van der Waals surface area (Å²) >= 11 is 5.18. The molecule has 0 spiro atoms. The second-order valence-electron chi connectivity index (χ2n) is 4.09. The molecule has 0 aliphatic heterocycles. The van der Waals surface area contributed by atoms with Crippen LogP contribution in [0.1, 0.15) is 36.6 Å². The van der Waals surface area contributed by atoms with Crippen LogP contribution in [0.15, 0.2) is 18.2 Å². The number of rotatable bonds is 3. The van der Waals surface area contributed by atoms with Crippen molar-refractivity contribution >= 4 is 17.3 Å². The van der Waals surface area contributed by atoms with E-state index in [9.17, 15) is 0 Å². The fourth-order valence-electron chi connectivity index (χ4n) is 1.80. The highest BCUT2D eigenvalue weighted by Gasteiger charge is 2.08. The zero-order valence-electron chi connectivity index (χ0n) is 10.4. The van der Waals surface area contributed by atoms with Crippen molar-refractivity contribution in [2.75, 3.05) is 6.54 Å². The Morgan fingerprint density at radius 1 is 1.38 bits per heavy atom. The molecule has 1 aromatic carbocycles. The normalized spacial score (nSPS) is 12.0. The summed E-state index contributed by atoms with van der Waals surface area (Å²) in [6, 6.07) is 6.74. The molecule has 0 fully saturated rings. The lowest BCUT2D eigenvalue weighted by Gasteiger charge is -2.19. The molecule has 0 heterocycles. The lowest BCUT2D eigenvalue weighted by atomic mass is 10.0. The summed E-state index contributed by atoms with van der Waals surface area (Å²) in [6.45, 7) is 9.26. The molecule has 1 atom stereocenters. The van der Waals surface area contributed by atoms with Gasteiger partial charge in [0.05, 0.1) is 6.04 Å². The van der Waals surface area contributed by atoms with Gasteiger partial charge in [0.15, 0.2) is 5.11 Å². The Hall–Kier alpha value is -1.09. The van der Waals surface area contributed by atoms with Crippen LogP contribution < -0.4 is 10.6 Å². The molecule has 2 N–H and O–H groups in total. The van der Waals surface area contributed by atoms with E-state index in [1.165, 1.54) is 16.7 Å². The second kappa shape index (κ2) is 5.85. The van der Waals surface area contributed by atoms with Gasteiger partial charge in [-0.3, -0.25) is 0 Å². The SMILES string of the molecule is CCNC(=S)NC(C)c1ccc(C)cc1C. The molecule has 0 aromatic heterocycles. The molecule has 16 heavy (non-hydrogen) atoms. The van der Waals surface area contributed by atoms with Crippen LogP contribution >= 0.6 is 12.2 Å². The van der Waals surface area contributed by atoms with Gasteiger partial charge in [0, 0.05) is 6.54 Å². The lowest BCUT2D eigenvalue weighted by Crippen LogP contribution is -2.36. The molecule has 0 saturated heterocycles. The Labute approximate surface area is 103 Å². The topological polar surface area (TPSA) is 24.1 Å². The minimum atomic E-state index is 0.243. The van der Waals surface area contributed by atoms with Crippen LogP contribution in [0, 0.1) is 13.8 Å². The van der Waals surface area contributed by atoms with Crippen LogP contribution in [-0.4, -0.2) is 11.7 Å². The lowest BCUT2D eigenvalue weighted by molar-refractivity contribution is 0.697. The number of thiocarbonyl (C=S) groups is 1. The maximum Gasteiger partial charge on any atom is 0.166 e. The smallest absolute Gasteiger partial charge is 0.166 e. The molecule has 0 aliphatic carbocycles. The van der Waals surface area contributed by atoms with Crippen LogP contribution in [0.4, 0.5) is 0 Å². The highest BCUT2D eigenvalue weighted by atomic mass is 32.1. The van der Waals surface area contributed by atoms with Gasteiger partial charge in [-0.1, -0.05) is 23.8 Å². The number of hydrogen-bond acceptors (Lipinski definition) is 1. The summed E-state index contributed by atoms with van der Waals surface area (Å²) in [5.41, 5.74) is 3.90. The second-order valence-corrected chi connectivity index (χ2v) is 4.49. The molecule has 1 rings (SSSR count). The first-order valence-corrected chi connectivity index (χ1v) is 6.07. The van der Waals surface area contributed by atoms with Gasteiger partial charge in [0.2, 0.25) is 0 Å². The van der Waals surface area contributed by atoms with E-state index in [1.54, 1.807) is 0 Å². The number of hydrogen-bond donors (Lipinski definition) is 2. The first kappa shape index (κ1) is 13.0. The quantitative estimate of drug-likeness (QED) is 0.789. The van der Waals surface area contributed by atoms with Crippen molar-refractivity contribution in [3.8, 4) is 0 Å². The Morgan fingerprint density at radius 2 is 2.06 bits per heavy atom. The standard InChI is InChI=1S/C13H20N2S/c1-5-14-13(16)15-11(4)12-7-6-9(2)8-10(12)3/h6-8,11H,5H2,1-4H3,(H2,14,15,16). The van der Waals surface area contributed by atoms with E-state index >= 15 is 0 Å². The van der Waals surface area contributed by atoms with E-state index < -0.39 is 0 Å². The van der Waals surface area contributed by atoms with Gasteiger partial charge in [-0.25, -0.2) is 0 Å². The van der Waals surface area contributed by atoms with Gasteiger partial charge in [-0.2, -0.15) is 0 Å². The first-order valence-electron chi connectivity index (χ1n) is 5.66. The summed E-state index contributed by atoms with van der Waals surface area (Å²) in [7, 11) is 0. The fourth-order valence-corrected chi connectivity index (χ4v) is 2.12. The summed E-state index contributed by atoms with van der Waals surface area (Å²) in [4.78, 5) is 0. The Kier molecular flexibility index (Phi) is 4.74. The van der Waals surface area contributed by atoms with Crippen LogP contribution in [0.3, 0.4) is 0 Å². The van der Waals surface area contributed by atoms with Gasteiger partial charge in [-0.05, 0) is 51.0 Å². The van der Waals surface area contributed by atoms with Crippen molar-refractivity contribution in [3.05, 3.63) is 34.9 Å². The van der Waals surface area contributed by atoms with Crippen molar-refractivity contribution in [2.24, 2.45) is 0 Å². The molecule has 3 heteroatoms. The molecular weight excluding hydrogens is 216 g/mol. The number of aryl methyl sites for hydroxylation is 2. The number of benzene rings is 1. The van der Waals surface area contributed by atoms with Crippen LogP contribution in [-0.2, 0) is 0 Å². The molecule has 2 nitrogen and oxygen atoms in total. The Bertz CT molecular complexity index is 374. The van der Waals surface area contributed by atoms with E-state index in [4.69, 9.17) is 12.2 Å². The Balaban J connectivity index is 2.72. The van der Waals surface area contributed by atoms with Crippen molar-refractivity contribution in [3.63, 3.8) is 0 Å². The third-order valence-corrected chi connectivity index (χ3v) is 2.84. The maximum atomic E-state index is 5.18. The molecule has 0 saturated carbocycles. The molecule has 1 aromatic rings. The average Bonchev–Trinajstić information content (AvgIpc) is 2.17. The molecule has 0 amide bonds. The minimum Gasteiger partial charge on any atom is -0.363 e. The zero-order chi connectivity index (χ0) is 12.1. The van der Waals surface area contributed by atoms with E-state index in [2.05, 4.69) is 49.6 Å². The van der Waals surface area contributed by atoms with Crippen LogP contribution in [0.5, 0.6) is 0 Å². The summed E-state index contributed by atoms with van der Waals surface area (Å²) in [6.07, 6.45) is 0. The van der Waals surface area contributed by atoms with Crippen LogP contribution in [0.2, 0.25) is 0 Å². The highest BCUT2D eigenvalue weighted by Crippen LogP contribution is 2.18. The van der Waals surface area contributed by atoms with Crippen molar-refractivity contribution < 1.29 is 0 Å². The molecule has 0 bridgehead atoms. The predicted octanol–water partition coefficient (Wildman–Crippen LogP) is 2.85. The minimum absolute atomic E-state index is 0.243. The molecule has 88 valence electrons. The number of nitrogens with one attached hydrogen (secondary N) is 2. The summed E-state index contributed by atoms with van der Waals surface area (Å²) < 4.78 is 0. The Morgan fingerprint density at radius 3 is 2.62 bits per heavy atom. The van der Waals surface area contributed by atoms with Crippen LogP contribution in [0.25, 0.3) is 0 Å². The van der Waals surface area contributed by atoms with Crippen molar-refractivity contribution in [1.29, 1.82) is 0 Å². The van der Waals surface area contributed by atoms with Gasteiger partial charge >= 0.3 is 0 Å². The largest absolute Gasteiger partial charge is 0.363 e. The van der Waals surface area contributed by atoms with Crippen molar-refractivity contribution in [2.45, 2.75) is 33.7 Å². The van der Waals surface area contributed by atoms with E-state index in [-0.39, 0.29) is 6.04 Å². The summed E-state index contributed by atoms with van der Waals surface area (Å²) in [5.74, 6) is 0. The first-order chi connectivity index (χ1) is 7.54. The summed E-state index contributed by atoms with van der Waals surface area (Å²) in [5, 5.41) is 7.09. The monoisotopic (exact) mass is 236 g/mol. The van der Waals surface area contributed by atoms with E-state index in [0.29, 0.717) is 0 Å². The highest BCUT2D eigenvalue weighted by molar-refractivity contribution is 7.80. The maximum absolute atomic E-state index is 5.18. The van der Waals surface area contributed by atoms with Gasteiger partial charge in [-0.15, -0.1) is 0 Å². The third kappa shape index (κ3) is 3.49. The van der Waals surface area contributed by atoms with E-state index in [0.717, 1.165) is 11.7 Å². The molecular formula is C13H20N2S. The van der Waals surface area contributed by atoms with E-state index in [1.807, 2.05) is 6.92 Å². The van der Waals surface area contributed by atoms with Crippen molar-refractivity contribution in [1.82, 2.24) is 10.6 Å². The van der Waals surface area contributed by atoms with Gasteiger partial charge in [0.1, 0.15) is 0 Å². The zero-order valence-corrected chi connectivity index (χ0v) is 11.2. The molecule has 0 aliphatic rings. The van der Waals surface area contributed by atoms with Gasteiger partial charge in [0.25, 0.3) is 0 Å². The molecule has 1 unspecified atom stereocenters. The molecule has 0 radical (unpaired) electrons. The third-order valence-electron chi connectivity index (χ3n) is 2.58. The van der Waals surface area contributed by atoms with Gasteiger partial charge < -0.3 is 10.6 Å². The predicted molar refractivity (Wildman–Crippen MR) is 73.7 cm³/mol. The fraction of sp³-hybridized carbons (Fsp3) is 0.462. The average molecular weight is 236 g/mol.